The van der Waals surface area contributed by atoms with Gasteiger partial charge in [-0.2, -0.15) is 0 Å². The van der Waals surface area contributed by atoms with Gasteiger partial charge in [-0.1, -0.05) is 50.1 Å². The molecule has 0 aliphatic rings. The number of imidazole rings is 2. The Hall–Kier alpha value is -2.44. The van der Waals surface area contributed by atoms with Crippen LogP contribution in [0.2, 0.25) is 0 Å². The van der Waals surface area contributed by atoms with E-state index in [1.165, 1.54) is 0 Å². The molecule has 0 spiro atoms. The fourth-order valence-electron chi connectivity index (χ4n) is 3.05. The normalized spacial score (nSPS) is 11.5. The number of fused-ring (bicyclic) bond motifs is 2. The van der Waals surface area contributed by atoms with Gasteiger partial charge in [-0.15, -0.1) is 0 Å². The Morgan fingerprint density at radius 1 is 0.615 bits per heavy atom. The molecule has 2 aromatic heterocycles. The number of rotatable bonds is 2. The Kier molecular flexibility index (Phi) is 3.69. The molecule has 0 bridgehead atoms. The first-order chi connectivity index (χ1) is 12.7. The van der Waals surface area contributed by atoms with Gasteiger partial charge in [0.05, 0.1) is 22.1 Å². The van der Waals surface area contributed by atoms with Crippen molar-refractivity contribution in [1.29, 1.82) is 0 Å². The van der Waals surface area contributed by atoms with Gasteiger partial charge < -0.3 is 9.97 Å². The molecule has 0 saturated heterocycles. The molecule has 126 valence electrons. The number of nitrogens with zero attached hydrogens (tertiary/aromatic N) is 2. The maximum Gasteiger partial charge on any atom is 0.138 e. The third-order valence-electron chi connectivity index (χ3n) is 4.30. The Labute approximate surface area is 166 Å². The highest BCUT2D eigenvalue weighted by Crippen LogP contribution is 2.28. The first-order valence-corrected chi connectivity index (χ1v) is 9.66. The molecule has 2 N–H and O–H groups in total. The van der Waals surface area contributed by atoms with Crippen molar-refractivity contribution in [2.75, 3.05) is 0 Å². The van der Waals surface area contributed by atoms with Gasteiger partial charge in [0.2, 0.25) is 0 Å². The summed E-state index contributed by atoms with van der Waals surface area (Å²) < 4.78 is 2.06. The second-order valence-corrected chi connectivity index (χ2v) is 7.91. The van der Waals surface area contributed by atoms with Crippen LogP contribution in [-0.2, 0) is 0 Å². The minimum Gasteiger partial charge on any atom is -0.338 e. The quantitative estimate of drug-likeness (QED) is 0.320. The second kappa shape index (κ2) is 6.07. The molecule has 5 rings (SSSR count). The number of hydrogen-bond acceptors (Lipinski definition) is 2. The standard InChI is InChI=1S/C20H12Br2N4/c21-13-4-6-15-17(9-13)25-19(23-15)11-2-1-3-12(8-11)20-24-16-7-5-14(22)10-18(16)26-20/h1-10H,(H,23,25)(H,24,26). The topological polar surface area (TPSA) is 57.4 Å². The zero-order valence-corrected chi connectivity index (χ0v) is 16.6. The third-order valence-corrected chi connectivity index (χ3v) is 5.28. The lowest BCUT2D eigenvalue weighted by atomic mass is 10.1. The Bertz CT molecular complexity index is 1170. The van der Waals surface area contributed by atoms with Gasteiger partial charge >= 0.3 is 0 Å². The average molecular weight is 468 g/mol. The summed E-state index contributed by atoms with van der Waals surface area (Å²) in [4.78, 5) is 16.2. The number of nitrogens with one attached hydrogen (secondary N) is 2. The van der Waals surface area contributed by atoms with Crippen molar-refractivity contribution in [2.24, 2.45) is 0 Å². The first kappa shape index (κ1) is 15.8. The molecule has 2 heterocycles. The zero-order chi connectivity index (χ0) is 17.7. The molecule has 0 atom stereocenters. The summed E-state index contributed by atoms with van der Waals surface area (Å²) in [5.41, 5.74) is 5.96. The molecular formula is C20H12Br2N4. The molecule has 0 unspecified atom stereocenters. The van der Waals surface area contributed by atoms with E-state index in [2.05, 4.69) is 60.0 Å². The van der Waals surface area contributed by atoms with E-state index in [4.69, 9.17) is 9.97 Å². The molecule has 0 radical (unpaired) electrons. The molecule has 3 aromatic carbocycles. The predicted octanol–water partition coefficient (Wildman–Crippen LogP) is 6.30. The molecule has 6 heteroatoms. The summed E-state index contributed by atoms with van der Waals surface area (Å²) >= 11 is 7.00. The van der Waals surface area contributed by atoms with Crippen LogP contribution in [0.1, 0.15) is 0 Å². The van der Waals surface area contributed by atoms with E-state index in [-0.39, 0.29) is 0 Å². The van der Waals surface area contributed by atoms with E-state index in [1.54, 1.807) is 0 Å². The van der Waals surface area contributed by atoms with Crippen molar-refractivity contribution in [2.45, 2.75) is 0 Å². The summed E-state index contributed by atoms with van der Waals surface area (Å²) in [7, 11) is 0. The number of benzene rings is 3. The van der Waals surface area contributed by atoms with Crippen LogP contribution in [0.3, 0.4) is 0 Å². The Morgan fingerprint density at radius 3 is 1.62 bits per heavy atom. The summed E-state index contributed by atoms with van der Waals surface area (Å²) in [6, 6.07) is 20.3. The number of aromatic nitrogens is 4. The van der Waals surface area contributed by atoms with Crippen LogP contribution in [-0.4, -0.2) is 19.9 Å². The van der Waals surface area contributed by atoms with Gasteiger partial charge in [0.25, 0.3) is 0 Å². The summed E-state index contributed by atoms with van der Waals surface area (Å²) in [6.07, 6.45) is 0. The SMILES string of the molecule is Brc1ccc2nc(-c3cccc(-c4nc5ccc(Br)cc5[nH]4)c3)[nH]c2c1. The lowest BCUT2D eigenvalue weighted by Crippen LogP contribution is -1.84. The van der Waals surface area contributed by atoms with Gasteiger partial charge in [0, 0.05) is 20.1 Å². The zero-order valence-electron chi connectivity index (χ0n) is 13.4. The number of hydrogen-bond donors (Lipinski definition) is 2. The Morgan fingerprint density at radius 2 is 1.12 bits per heavy atom. The van der Waals surface area contributed by atoms with E-state index in [9.17, 15) is 0 Å². The van der Waals surface area contributed by atoms with Crippen molar-refractivity contribution in [3.05, 3.63) is 69.6 Å². The van der Waals surface area contributed by atoms with Gasteiger partial charge in [-0.3, -0.25) is 0 Å². The molecule has 4 nitrogen and oxygen atoms in total. The lowest BCUT2D eigenvalue weighted by Gasteiger charge is -2.00. The summed E-state index contributed by atoms with van der Waals surface area (Å²) in [6.45, 7) is 0. The monoisotopic (exact) mass is 466 g/mol. The smallest absolute Gasteiger partial charge is 0.138 e. The Balaban J connectivity index is 1.60. The van der Waals surface area contributed by atoms with Crippen LogP contribution in [0.5, 0.6) is 0 Å². The van der Waals surface area contributed by atoms with E-state index >= 15 is 0 Å². The maximum atomic E-state index is 4.70. The minimum atomic E-state index is 0.846. The fourth-order valence-corrected chi connectivity index (χ4v) is 3.77. The van der Waals surface area contributed by atoms with Crippen LogP contribution >= 0.6 is 31.9 Å². The van der Waals surface area contributed by atoms with Crippen molar-refractivity contribution < 1.29 is 0 Å². The minimum absolute atomic E-state index is 0.846. The van der Waals surface area contributed by atoms with Gasteiger partial charge in [0.1, 0.15) is 11.6 Å². The molecule has 0 saturated carbocycles. The first-order valence-electron chi connectivity index (χ1n) is 8.07. The van der Waals surface area contributed by atoms with E-state index in [0.29, 0.717) is 0 Å². The average Bonchev–Trinajstić information content (AvgIpc) is 3.25. The number of halogens is 2. The van der Waals surface area contributed by atoms with Gasteiger partial charge in [-0.05, 0) is 42.5 Å². The molecule has 0 amide bonds. The molecule has 0 aliphatic heterocycles. The van der Waals surface area contributed by atoms with Crippen molar-refractivity contribution >= 4 is 53.9 Å². The second-order valence-electron chi connectivity index (χ2n) is 6.07. The molecule has 0 aliphatic carbocycles. The molecule has 5 aromatic rings. The number of aromatic amines is 2. The molecular weight excluding hydrogens is 456 g/mol. The highest BCUT2D eigenvalue weighted by Gasteiger charge is 2.10. The van der Waals surface area contributed by atoms with Gasteiger partial charge in [-0.25, -0.2) is 9.97 Å². The van der Waals surface area contributed by atoms with E-state index < -0.39 is 0 Å². The van der Waals surface area contributed by atoms with Gasteiger partial charge in [0.15, 0.2) is 0 Å². The van der Waals surface area contributed by atoms with E-state index in [1.807, 2.05) is 42.5 Å². The predicted molar refractivity (Wildman–Crippen MR) is 112 cm³/mol. The fraction of sp³-hybridized carbons (Fsp3) is 0. The highest BCUT2D eigenvalue weighted by atomic mass is 79.9. The maximum absolute atomic E-state index is 4.70. The van der Waals surface area contributed by atoms with Crippen LogP contribution < -0.4 is 0 Å². The van der Waals surface area contributed by atoms with Crippen LogP contribution in [0.15, 0.2) is 69.6 Å². The van der Waals surface area contributed by atoms with Crippen molar-refractivity contribution in [3.63, 3.8) is 0 Å². The largest absolute Gasteiger partial charge is 0.338 e. The van der Waals surface area contributed by atoms with Crippen LogP contribution in [0, 0.1) is 0 Å². The third kappa shape index (κ3) is 2.75. The number of H-pyrrole nitrogens is 2. The lowest BCUT2D eigenvalue weighted by molar-refractivity contribution is 1.31. The van der Waals surface area contributed by atoms with Crippen molar-refractivity contribution in [3.8, 4) is 22.8 Å². The highest BCUT2D eigenvalue weighted by molar-refractivity contribution is 9.10. The van der Waals surface area contributed by atoms with Crippen LogP contribution in [0.25, 0.3) is 44.8 Å². The van der Waals surface area contributed by atoms with E-state index in [0.717, 1.165) is 53.8 Å². The summed E-state index contributed by atoms with van der Waals surface area (Å²) in [5, 5.41) is 0. The van der Waals surface area contributed by atoms with Crippen LogP contribution in [0.4, 0.5) is 0 Å². The molecule has 0 fully saturated rings. The summed E-state index contributed by atoms with van der Waals surface area (Å²) in [5.74, 6) is 1.69. The molecule has 26 heavy (non-hydrogen) atoms. The van der Waals surface area contributed by atoms with Crippen molar-refractivity contribution in [1.82, 2.24) is 19.9 Å².